The van der Waals surface area contributed by atoms with Gasteiger partial charge in [-0.3, -0.25) is 19.3 Å². The predicted molar refractivity (Wildman–Crippen MR) is 140 cm³/mol. The Bertz CT molecular complexity index is 1410. The number of nitrogens with zero attached hydrogens (tertiary/aromatic N) is 2. The van der Waals surface area contributed by atoms with Crippen molar-refractivity contribution >= 4 is 56.5 Å². The van der Waals surface area contributed by atoms with Crippen molar-refractivity contribution < 1.29 is 18.8 Å². The van der Waals surface area contributed by atoms with Crippen LogP contribution in [-0.2, 0) is 9.59 Å². The number of benzene rings is 2. The van der Waals surface area contributed by atoms with Gasteiger partial charge in [0.15, 0.2) is 0 Å². The number of hydrogen-bond acceptors (Lipinski definition) is 4. The van der Waals surface area contributed by atoms with Gasteiger partial charge < -0.3 is 9.88 Å². The number of amides is 3. The highest BCUT2D eigenvalue weighted by Gasteiger charge is 2.36. The molecule has 0 unspecified atom stereocenters. The summed E-state index contributed by atoms with van der Waals surface area (Å²) in [6.45, 7) is 7.20. The van der Waals surface area contributed by atoms with Crippen LogP contribution in [0.15, 0.2) is 51.8 Å². The molecule has 2 heterocycles. The minimum Gasteiger partial charge on any atom is -0.325 e. The van der Waals surface area contributed by atoms with Crippen LogP contribution in [0.2, 0.25) is 0 Å². The van der Waals surface area contributed by atoms with E-state index in [-0.39, 0.29) is 17.3 Å². The van der Waals surface area contributed by atoms with Crippen LogP contribution in [0.3, 0.4) is 0 Å². The second-order valence-corrected chi connectivity index (χ2v) is 10.3. The smallest absolute Gasteiger partial charge is 0.294 e. The number of carbonyl (C=O) groups excluding carboxylic acids is 3. The normalized spacial score (nSPS) is 14.8. The van der Waals surface area contributed by atoms with Crippen molar-refractivity contribution in [3.8, 4) is 5.69 Å². The zero-order chi connectivity index (χ0) is 25.4. The Morgan fingerprint density at radius 2 is 1.80 bits per heavy atom. The summed E-state index contributed by atoms with van der Waals surface area (Å²) in [7, 11) is 0. The van der Waals surface area contributed by atoms with Crippen LogP contribution in [0.4, 0.5) is 14.9 Å². The van der Waals surface area contributed by atoms with Crippen LogP contribution in [0.25, 0.3) is 11.8 Å². The first-order valence-electron chi connectivity index (χ1n) is 10.8. The number of nitrogens with one attached hydrogen (secondary N) is 1. The minimum absolute atomic E-state index is 0.213. The fraction of sp³-hybridized carbons (Fsp3) is 0.192. The van der Waals surface area contributed by atoms with E-state index in [1.807, 2.05) is 45.9 Å². The van der Waals surface area contributed by atoms with Gasteiger partial charge in [-0.1, -0.05) is 22.0 Å². The van der Waals surface area contributed by atoms with Gasteiger partial charge in [0.25, 0.3) is 11.1 Å². The molecule has 2 aromatic carbocycles. The van der Waals surface area contributed by atoms with E-state index >= 15 is 0 Å². The molecule has 3 amide bonds. The summed E-state index contributed by atoms with van der Waals surface area (Å²) >= 11 is 4.05. The molecule has 0 aliphatic carbocycles. The van der Waals surface area contributed by atoms with Crippen LogP contribution in [0.1, 0.15) is 28.1 Å². The second kappa shape index (κ2) is 9.83. The molecule has 1 aliphatic heterocycles. The van der Waals surface area contributed by atoms with Gasteiger partial charge >= 0.3 is 0 Å². The van der Waals surface area contributed by atoms with Crippen LogP contribution in [0.5, 0.6) is 0 Å². The Kier molecular flexibility index (Phi) is 7.00. The number of thioether (sulfide) groups is 1. The molecule has 1 aliphatic rings. The van der Waals surface area contributed by atoms with Crippen molar-refractivity contribution in [2.75, 3.05) is 11.9 Å². The summed E-state index contributed by atoms with van der Waals surface area (Å²) in [5.74, 6) is -1.38. The lowest BCUT2D eigenvalue weighted by atomic mass is 10.1. The van der Waals surface area contributed by atoms with Crippen molar-refractivity contribution in [2.45, 2.75) is 27.7 Å². The van der Waals surface area contributed by atoms with E-state index < -0.39 is 17.1 Å². The molecule has 9 heteroatoms. The topological polar surface area (TPSA) is 71.4 Å². The molecular formula is C26H23BrFN3O3S. The summed E-state index contributed by atoms with van der Waals surface area (Å²) in [5, 5.41) is 2.22. The van der Waals surface area contributed by atoms with Crippen molar-refractivity contribution in [3.05, 3.63) is 85.7 Å². The molecule has 35 heavy (non-hydrogen) atoms. The number of halogens is 2. The first kappa shape index (κ1) is 24.9. The molecule has 6 nitrogen and oxygen atoms in total. The second-order valence-electron chi connectivity index (χ2n) is 8.37. The Balaban J connectivity index is 1.54. The van der Waals surface area contributed by atoms with Gasteiger partial charge in [-0.05, 0) is 98.6 Å². The molecule has 180 valence electrons. The number of carbonyl (C=O) groups is 3. The zero-order valence-corrected chi connectivity index (χ0v) is 22.0. The summed E-state index contributed by atoms with van der Waals surface area (Å²) in [5.41, 5.74) is 5.31. The molecule has 0 radical (unpaired) electrons. The lowest BCUT2D eigenvalue weighted by Crippen LogP contribution is -2.36. The van der Waals surface area contributed by atoms with Gasteiger partial charge in [0.05, 0.1) is 10.6 Å². The van der Waals surface area contributed by atoms with E-state index in [9.17, 15) is 18.8 Å². The quantitative estimate of drug-likeness (QED) is 0.375. The van der Waals surface area contributed by atoms with E-state index in [1.54, 1.807) is 28.8 Å². The SMILES string of the molecule is Cc1ccc(NC(=O)CN2C(=O)S/C(=C/c3cc(C)n(-c4ccc(Br)cc4F)c3C)C2=O)cc1C. The molecule has 1 fully saturated rings. The number of aryl methyl sites for hydroxylation is 3. The maximum Gasteiger partial charge on any atom is 0.294 e. The van der Waals surface area contributed by atoms with E-state index in [4.69, 9.17) is 0 Å². The highest BCUT2D eigenvalue weighted by Crippen LogP contribution is 2.34. The highest BCUT2D eigenvalue weighted by molar-refractivity contribution is 9.10. The minimum atomic E-state index is -0.533. The van der Waals surface area contributed by atoms with Gasteiger partial charge in [0, 0.05) is 21.5 Å². The fourth-order valence-corrected chi connectivity index (χ4v) is 5.07. The maximum absolute atomic E-state index is 14.6. The third-order valence-corrected chi connectivity index (χ3v) is 7.27. The first-order chi connectivity index (χ1) is 16.5. The van der Waals surface area contributed by atoms with Gasteiger partial charge in [0.2, 0.25) is 5.91 Å². The molecule has 0 atom stereocenters. The molecule has 1 aromatic heterocycles. The number of imide groups is 1. The van der Waals surface area contributed by atoms with Crippen molar-refractivity contribution in [2.24, 2.45) is 0 Å². The Morgan fingerprint density at radius 3 is 2.49 bits per heavy atom. The zero-order valence-electron chi connectivity index (χ0n) is 19.6. The van der Waals surface area contributed by atoms with Crippen LogP contribution in [0, 0.1) is 33.5 Å². The Labute approximate surface area is 215 Å². The number of anilines is 1. The molecule has 1 saturated heterocycles. The largest absolute Gasteiger partial charge is 0.325 e. The highest BCUT2D eigenvalue weighted by atomic mass is 79.9. The predicted octanol–water partition coefficient (Wildman–Crippen LogP) is 6.29. The third-order valence-electron chi connectivity index (χ3n) is 5.87. The standard InChI is InChI=1S/C26H23BrFN3O3S/c1-14-5-7-20(9-15(14)2)29-24(32)13-30-25(33)23(35-26(30)34)11-18-10-16(3)31(17(18)4)22-8-6-19(27)12-21(22)28/h5-12H,13H2,1-4H3,(H,29,32)/b23-11+. The van der Waals surface area contributed by atoms with Gasteiger partial charge in [-0.25, -0.2) is 4.39 Å². The number of rotatable bonds is 5. The molecule has 0 spiro atoms. The number of aromatic nitrogens is 1. The Morgan fingerprint density at radius 1 is 1.06 bits per heavy atom. The van der Waals surface area contributed by atoms with Crippen LogP contribution >= 0.6 is 27.7 Å². The van der Waals surface area contributed by atoms with Crippen molar-refractivity contribution in [1.82, 2.24) is 9.47 Å². The molecule has 4 rings (SSSR count). The number of hydrogen-bond donors (Lipinski definition) is 1. The van der Waals surface area contributed by atoms with Gasteiger partial charge in [0.1, 0.15) is 12.4 Å². The Hall–Kier alpha value is -3.17. The van der Waals surface area contributed by atoms with E-state index in [0.29, 0.717) is 21.4 Å². The van der Waals surface area contributed by atoms with Crippen molar-refractivity contribution in [3.63, 3.8) is 0 Å². The molecular weight excluding hydrogens is 533 g/mol. The van der Waals surface area contributed by atoms with Crippen molar-refractivity contribution in [1.29, 1.82) is 0 Å². The maximum atomic E-state index is 14.6. The van der Waals surface area contributed by atoms with E-state index in [1.165, 1.54) is 6.07 Å². The summed E-state index contributed by atoms with van der Waals surface area (Å²) in [4.78, 5) is 39.1. The fourth-order valence-electron chi connectivity index (χ4n) is 3.91. The molecule has 0 bridgehead atoms. The summed E-state index contributed by atoms with van der Waals surface area (Å²) in [6.07, 6.45) is 1.61. The summed E-state index contributed by atoms with van der Waals surface area (Å²) < 4.78 is 17.0. The van der Waals surface area contributed by atoms with E-state index in [0.717, 1.165) is 39.2 Å². The monoisotopic (exact) mass is 555 g/mol. The molecule has 3 aromatic rings. The average Bonchev–Trinajstić information content (AvgIpc) is 3.20. The lowest BCUT2D eigenvalue weighted by Gasteiger charge is -2.13. The van der Waals surface area contributed by atoms with Crippen LogP contribution in [-0.4, -0.2) is 33.1 Å². The first-order valence-corrected chi connectivity index (χ1v) is 12.4. The van der Waals surface area contributed by atoms with Gasteiger partial charge in [-0.2, -0.15) is 0 Å². The summed E-state index contributed by atoms with van der Waals surface area (Å²) in [6, 6.07) is 12.2. The third kappa shape index (κ3) is 5.11. The molecule has 0 saturated carbocycles. The van der Waals surface area contributed by atoms with E-state index in [2.05, 4.69) is 21.2 Å². The lowest BCUT2D eigenvalue weighted by molar-refractivity contribution is -0.127. The van der Waals surface area contributed by atoms with Gasteiger partial charge in [-0.15, -0.1) is 0 Å². The van der Waals surface area contributed by atoms with Crippen LogP contribution < -0.4 is 5.32 Å². The average molecular weight is 556 g/mol. The molecule has 1 N–H and O–H groups in total.